The predicted octanol–water partition coefficient (Wildman–Crippen LogP) is 6.30. The quantitative estimate of drug-likeness (QED) is 0.206. The van der Waals surface area contributed by atoms with E-state index in [4.69, 9.17) is 19.5 Å². The van der Waals surface area contributed by atoms with E-state index in [1.165, 1.54) is 30.9 Å². The van der Waals surface area contributed by atoms with Gasteiger partial charge in [0.2, 0.25) is 11.8 Å². The van der Waals surface area contributed by atoms with Gasteiger partial charge in [0.05, 0.1) is 67.7 Å². The molecule has 2 aromatic carbocycles. The lowest BCUT2D eigenvalue weighted by atomic mass is 9.90. The highest BCUT2D eigenvalue weighted by Crippen LogP contribution is 2.36. The van der Waals surface area contributed by atoms with Gasteiger partial charge in [0, 0.05) is 25.2 Å². The van der Waals surface area contributed by atoms with Crippen molar-refractivity contribution in [3.63, 3.8) is 0 Å². The van der Waals surface area contributed by atoms with Gasteiger partial charge in [-0.15, -0.1) is 0 Å². The number of hydrogen-bond acceptors (Lipinski definition) is 8. The number of carbonyl (C=O) groups is 4. The number of esters is 2. The van der Waals surface area contributed by atoms with Crippen LogP contribution in [0.2, 0.25) is 0 Å². The van der Waals surface area contributed by atoms with Crippen molar-refractivity contribution in [2.24, 2.45) is 28.7 Å². The van der Waals surface area contributed by atoms with Crippen molar-refractivity contribution >= 4 is 46.2 Å². The van der Waals surface area contributed by atoms with Gasteiger partial charge in [0.25, 0.3) is 0 Å². The highest BCUT2D eigenvalue weighted by Gasteiger charge is 2.40. The molecule has 4 atom stereocenters. The number of methoxy groups -OCH3 is 2. The molecule has 0 unspecified atom stereocenters. The van der Waals surface area contributed by atoms with Gasteiger partial charge in [-0.3, -0.25) is 24.2 Å². The lowest BCUT2D eigenvalue weighted by Gasteiger charge is -2.30. The van der Waals surface area contributed by atoms with Crippen molar-refractivity contribution in [2.45, 2.75) is 97.6 Å². The van der Waals surface area contributed by atoms with Gasteiger partial charge in [-0.25, -0.2) is 4.98 Å². The zero-order chi connectivity index (χ0) is 37.1. The largest absolute Gasteiger partial charge is 0.469 e. The number of H-pyrrole nitrogens is 1. The lowest BCUT2D eigenvalue weighted by Crippen LogP contribution is -2.45. The zero-order valence-corrected chi connectivity index (χ0v) is 31.4. The first-order valence-corrected chi connectivity index (χ1v) is 18.9. The molecular formula is C41H53N5O6. The number of rotatable bonds is 13. The second kappa shape index (κ2) is 16.0. The maximum atomic E-state index is 13.7. The third kappa shape index (κ3) is 7.93. The molecule has 0 spiro atoms. The standard InChI is InChI=1S/C41H53N5O6/c1-24(2)29(22-37(47)51-5)40(49)45-17-7-9-35(45)34-21-28-19-26(13-15-31(28)42-34)11-12-27-14-16-32-33(20-27)44-39(43-32)36-10-8-18-46(36)41(50)30(25(3)4)23-38(48)52-6/h13-16,19-20,24-25,29-30,35-36H,7-12,17-18,21-23H2,1-6H3,(H,43,44)/t29-,30-,35-,36-/m0/s1. The summed E-state index contributed by atoms with van der Waals surface area (Å²) in [6.45, 7) is 9.25. The summed E-state index contributed by atoms with van der Waals surface area (Å²) < 4.78 is 9.76. The second-order valence-corrected chi connectivity index (χ2v) is 15.4. The predicted molar refractivity (Wildman–Crippen MR) is 199 cm³/mol. The fourth-order valence-corrected chi connectivity index (χ4v) is 8.17. The molecule has 1 aromatic heterocycles. The van der Waals surface area contributed by atoms with Crippen molar-refractivity contribution in [1.82, 2.24) is 19.8 Å². The molecule has 2 amide bonds. The third-order valence-corrected chi connectivity index (χ3v) is 11.3. The first kappa shape index (κ1) is 37.2. The van der Waals surface area contributed by atoms with Crippen LogP contribution in [0, 0.1) is 23.7 Å². The van der Waals surface area contributed by atoms with E-state index < -0.39 is 11.8 Å². The van der Waals surface area contributed by atoms with Gasteiger partial charge in [-0.1, -0.05) is 45.9 Å². The van der Waals surface area contributed by atoms with Gasteiger partial charge in [-0.2, -0.15) is 0 Å². The average molecular weight is 712 g/mol. The van der Waals surface area contributed by atoms with Crippen LogP contribution in [0.3, 0.4) is 0 Å². The van der Waals surface area contributed by atoms with Crippen LogP contribution in [0.4, 0.5) is 5.69 Å². The molecule has 11 nitrogen and oxygen atoms in total. The lowest BCUT2D eigenvalue weighted by molar-refractivity contribution is -0.148. The monoisotopic (exact) mass is 711 g/mol. The van der Waals surface area contributed by atoms with E-state index >= 15 is 0 Å². The van der Waals surface area contributed by atoms with Crippen LogP contribution in [-0.2, 0) is 47.9 Å². The maximum Gasteiger partial charge on any atom is 0.306 e. The normalized spacial score (nSPS) is 19.7. The number of imidazole rings is 1. The Morgan fingerprint density at radius 1 is 0.788 bits per heavy atom. The fraction of sp³-hybridized carbons (Fsp3) is 0.561. The number of likely N-dealkylation sites (tertiary alicyclic amines) is 2. The fourth-order valence-electron chi connectivity index (χ4n) is 8.17. The van der Waals surface area contributed by atoms with Gasteiger partial charge >= 0.3 is 11.9 Å². The van der Waals surface area contributed by atoms with Crippen LogP contribution in [0.15, 0.2) is 41.4 Å². The van der Waals surface area contributed by atoms with Crippen molar-refractivity contribution in [3.05, 3.63) is 58.9 Å². The molecule has 2 fully saturated rings. The Balaban J connectivity index is 1.09. The van der Waals surface area contributed by atoms with E-state index in [2.05, 4.69) is 35.3 Å². The summed E-state index contributed by atoms with van der Waals surface area (Å²) in [5.74, 6) is -0.700. The summed E-state index contributed by atoms with van der Waals surface area (Å²) in [6.07, 6.45) is 6.16. The Morgan fingerprint density at radius 2 is 1.35 bits per heavy atom. The summed E-state index contributed by atoms with van der Waals surface area (Å²) >= 11 is 0. The van der Waals surface area contributed by atoms with Crippen molar-refractivity contribution < 1.29 is 28.7 Å². The van der Waals surface area contributed by atoms with E-state index in [9.17, 15) is 19.2 Å². The van der Waals surface area contributed by atoms with Crippen LogP contribution >= 0.6 is 0 Å². The number of aromatic amines is 1. The summed E-state index contributed by atoms with van der Waals surface area (Å²) in [6, 6.07) is 12.6. The molecule has 3 aliphatic rings. The molecule has 1 N–H and O–H groups in total. The first-order chi connectivity index (χ1) is 25.0. The van der Waals surface area contributed by atoms with Crippen LogP contribution in [0.25, 0.3) is 11.0 Å². The summed E-state index contributed by atoms with van der Waals surface area (Å²) in [5.41, 5.74) is 7.47. The van der Waals surface area contributed by atoms with Crippen LogP contribution in [0.1, 0.15) is 94.8 Å². The van der Waals surface area contributed by atoms with Crippen LogP contribution in [0.5, 0.6) is 0 Å². The first-order valence-electron chi connectivity index (χ1n) is 18.9. The number of aryl methyl sites for hydroxylation is 2. The van der Waals surface area contributed by atoms with Gasteiger partial charge in [-0.05, 0) is 85.3 Å². The number of nitrogens with one attached hydrogen (secondary N) is 1. The molecule has 0 saturated carbocycles. The third-order valence-electron chi connectivity index (χ3n) is 11.3. The van der Waals surface area contributed by atoms with Gasteiger partial charge in [0.15, 0.2) is 0 Å². The molecule has 52 heavy (non-hydrogen) atoms. The highest BCUT2D eigenvalue weighted by atomic mass is 16.5. The minimum atomic E-state index is -0.426. The molecule has 2 saturated heterocycles. The summed E-state index contributed by atoms with van der Waals surface area (Å²) in [4.78, 5) is 68.7. The number of ether oxygens (including phenoxy) is 2. The molecule has 0 radical (unpaired) electrons. The van der Waals surface area contributed by atoms with Crippen molar-refractivity contribution in [1.29, 1.82) is 0 Å². The number of amides is 2. The topological polar surface area (TPSA) is 134 Å². The number of fused-ring (bicyclic) bond motifs is 2. The molecule has 4 heterocycles. The minimum absolute atomic E-state index is 0.0135. The highest BCUT2D eigenvalue weighted by molar-refractivity contribution is 6.00. The Labute approximate surface area is 306 Å². The van der Waals surface area contributed by atoms with E-state index in [1.807, 2.05) is 43.6 Å². The molecule has 0 aliphatic carbocycles. The summed E-state index contributed by atoms with van der Waals surface area (Å²) in [5, 5.41) is 0. The van der Waals surface area contributed by atoms with E-state index in [1.54, 1.807) is 0 Å². The zero-order valence-electron chi connectivity index (χ0n) is 31.4. The van der Waals surface area contributed by atoms with Crippen molar-refractivity contribution in [2.75, 3.05) is 27.3 Å². The molecule has 6 rings (SSSR count). The Kier molecular flexibility index (Phi) is 11.5. The Hall–Kier alpha value is -4.54. The maximum absolute atomic E-state index is 13.7. The molecule has 3 aromatic rings. The Bertz CT molecular complexity index is 1850. The number of carbonyl (C=O) groups excluding carboxylic acids is 4. The van der Waals surface area contributed by atoms with Crippen LogP contribution < -0.4 is 0 Å². The molecule has 278 valence electrons. The number of hydrogen-bond donors (Lipinski definition) is 1. The van der Waals surface area contributed by atoms with E-state index in [0.717, 1.165) is 73.2 Å². The molecular weight excluding hydrogens is 658 g/mol. The minimum Gasteiger partial charge on any atom is -0.469 e. The number of aliphatic imine (C=N–C) groups is 1. The molecule has 0 bridgehead atoms. The summed E-state index contributed by atoms with van der Waals surface area (Å²) in [7, 11) is 2.73. The van der Waals surface area contributed by atoms with Crippen LogP contribution in [-0.4, -0.2) is 82.6 Å². The van der Waals surface area contributed by atoms with Gasteiger partial charge < -0.3 is 24.3 Å². The number of nitrogens with zero attached hydrogens (tertiary/aromatic N) is 4. The van der Waals surface area contributed by atoms with E-state index in [-0.39, 0.29) is 60.5 Å². The Morgan fingerprint density at radius 3 is 1.94 bits per heavy atom. The molecule has 11 heteroatoms. The van der Waals surface area contributed by atoms with Crippen molar-refractivity contribution in [3.8, 4) is 0 Å². The van der Waals surface area contributed by atoms with E-state index in [0.29, 0.717) is 13.1 Å². The SMILES string of the molecule is COC(=O)C[C@H](C(=O)N1CCC[C@H]1C1=Nc2ccc(CCc3ccc4nc([C@@H]5CCCN5C(=O)[C@@H](CC(=O)OC)C(C)C)[nH]c4c3)cc2C1)C(C)C. The average Bonchev–Trinajstić information content (AvgIpc) is 3.95. The number of benzene rings is 2. The number of aromatic nitrogens is 2. The second-order valence-electron chi connectivity index (χ2n) is 15.4. The van der Waals surface area contributed by atoms with Gasteiger partial charge in [0.1, 0.15) is 5.82 Å². The smallest absolute Gasteiger partial charge is 0.306 e. The molecule has 3 aliphatic heterocycles.